The van der Waals surface area contributed by atoms with E-state index in [0.29, 0.717) is 6.54 Å². The molecule has 0 aliphatic carbocycles. The third kappa shape index (κ3) is 5.44. The van der Waals surface area contributed by atoms with Gasteiger partial charge in [-0.2, -0.15) is 9.98 Å². The number of hydrogen-bond donors (Lipinski definition) is 5. The third-order valence-corrected chi connectivity index (χ3v) is 5.49. The van der Waals surface area contributed by atoms with Gasteiger partial charge in [0.25, 0.3) is 0 Å². The quantitative estimate of drug-likeness (QED) is 0.365. The van der Waals surface area contributed by atoms with Gasteiger partial charge in [-0.05, 0) is 24.4 Å². The minimum absolute atomic E-state index is 0.0588. The van der Waals surface area contributed by atoms with E-state index in [4.69, 9.17) is 28.3 Å². The molecule has 150 valence electrons. The molecule has 28 heavy (non-hydrogen) atoms. The molecule has 0 saturated heterocycles. The topological polar surface area (TPSA) is 171 Å². The highest BCUT2D eigenvalue weighted by molar-refractivity contribution is 7.10. The molecule has 2 aromatic heterocycles. The van der Waals surface area contributed by atoms with E-state index in [1.807, 2.05) is 36.9 Å². The highest BCUT2D eigenvalue weighted by atomic mass is 32.1. The van der Waals surface area contributed by atoms with E-state index < -0.39 is 0 Å². The molecule has 0 saturated carbocycles. The summed E-state index contributed by atoms with van der Waals surface area (Å²) in [6.45, 7) is 2.36. The van der Waals surface area contributed by atoms with Gasteiger partial charge in [-0.3, -0.25) is 5.41 Å². The Bertz CT molecular complexity index is 920. The Hall–Kier alpha value is -3.12. The summed E-state index contributed by atoms with van der Waals surface area (Å²) in [4.78, 5) is 17.5. The molecule has 0 unspecified atom stereocenters. The van der Waals surface area contributed by atoms with Gasteiger partial charge in [0, 0.05) is 29.2 Å². The van der Waals surface area contributed by atoms with E-state index in [0.717, 1.165) is 21.1 Å². The summed E-state index contributed by atoms with van der Waals surface area (Å²) in [6, 6.07) is 3.85. The van der Waals surface area contributed by atoms with Gasteiger partial charge >= 0.3 is 0 Å². The van der Waals surface area contributed by atoms with E-state index >= 15 is 0 Å². The van der Waals surface area contributed by atoms with Gasteiger partial charge in [0.1, 0.15) is 0 Å². The van der Waals surface area contributed by atoms with Crippen LogP contribution < -0.4 is 32.7 Å². The number of rotatable bonds is 4. The summed E-state index contributed by atoms with van der Waals surface area (Å²) in [5.41, 5.74) is 24.3. The lowest BCUT2D eigenvalue weighted by Crippen LogP contribution is -2.35. The highest BCUT2D eigenvalue weighted by Crippen LogP contribution is 2.24. The van der Waals surface area contributed by atoms with Crippen LogP contribution in [0.1, 0.15) is 9.75 Å². The number of anilines is 2. The Balaban J connectivity index is 2.03. The van der Waals surface area contributed by atoms with Crippen LogP contribution in [0.3, 0.4) is 0 Å². The molecule has 0 spiro atoms. The fourth-order valence-corrected chi connectivity index (χ4v) is 3.74. The Kier molecular flexibility index (Phi) is 6.95. The number of aryl methyl sites for hydroxylation is 1. The van der Waals surface area contributed by atoms with Crippen molar-refractivity contribution < 1.29 is 0 Å². The van der Waals surface area contributed by atoms with Gasteiger partial charge in [0.15, 0.2) is 5.96 Å². The predicted octanol–water partition coefficient (Wildman–Crippen LogP) is 1.03. The van der Waals surface area contributed by atoms with E-state index in [2.05, 4.69) is 15.0 Å². The molecule has 0 aliphatic heterocycles. The summed E-state index contributed by atoms with van der Waals surface area (Å²) >= 11 is 3.11. The number of aliphatic imine (C=N–C) groups is 3. The minimum atomic E-state index is -0.164. The van der Waals surface area contributed by atoms with Gasteiger partial charge < -0.3 is 32.7 Å². The zero-order valence-corrected chi connectivity index (χ0v) is 17.5. The van der Waals surface area contributed by atoms with E-state index in [9.17, 15) is 0 Å². The lowest BCUT2D eigenvalue weighted by atomic mass is 10.4. The second-order valence-electron chi connectivity index (χ2n) is 5.76. The molecule has 10 nitrogen and oxygen atoms in total. The van der Waals surface area contributed by atoms with Gasteiger partial charge in [0.2, 0.25) is 17.9 Å². The summed E-state index contributed by atoms with van der Waals surface area (Å²) in [5, 5.41) is 11.7. The maximum atomic E-state index is 7.83. The maximum Gasteiger partial charge on any atom is 0.225 e. The second kappa shape index (κ2) is 9.19. The fourth-order valence-electron chi connectivity index (χ4n) is 2.18. The normalized spacial score (nSPS) is 12.0. The first-order valence-corrected chi connectivity index (χ1v) is 9.86. The van der Waals surface area contributed by atoms with Crippen molar-refractivity contribution in [3.63, 3.8) is 0 Å². The lowest BCUT2D eigenvalue weighted by Gasteiger charge is -2.17. The number of guanidine groups is 4. The molecular weight excluding hydrogens is 396 g/mol. The molecule has 0 atom stereocenters. The monoisotopic (exact) mass is 420 g/mol. The highest BCUT2D eigenvalue weighted by Gasteiger charge is 2.11. The minimum Gasteiger partial charge on any atom is -0.370 e. The van der Waals surface area contributed by atoms with Gasteiger partial charge in [-0.25, -0.2) is 4.99 Å². The average molecular weight is 421 g/mol. The SMILES string of the molecule is Cc1sccc1N(C)C(N)=NC(N)=NCc1cc(N(C)C(=N)N=C(N)N)cs1. The van der Waals surface area contributed by atoms with Crippen LogP contribution in [0.2, 0.25) is 0 Å². The summed E-state index contributed by atoms with van der Waals surface area (Å²) in [7, 11) is 3.53. The Morgan fingerprint density at radius 1 is 1.11 bits per heavy atom. The van der Waals surface area contributed by atoms with Crippen molar-refractivity contribution in [1.29, 1.82) is 5.41 Å². The van der Waals surface area contributed by atoms with Crippen LogP contribution in [0.15, 0.2) is 37.9 Å². The molecule has 12 heteroatoms. The Labute approximate surface area is 171 Å². The van der Waals surface area contributed by atoms with Crippen molar-refractivity contribution in [3.05, 3.63) is 32.6 Å². The van der Waals surface area contributed by atoms with Gasteiger partial charge in [-0.1, -0.05) is 0 Å². The first-order valence-electron chi connectivity index (χ1n) is 8.10. The standard InChI is InChI=1S/C16H24N10S2/c1-9-12(4-5-27-9)26(3)16(21)24-14(19)22-7-11-6-10(8-28-11)25(2)15(20)23-13(17)18/h4-6,8H,7H2,1-3H3,(H5,17,18,20,23)(H4,19,21,22,24). The van der Waals surface area contributed by atoms with Gasteiger partial charge in [-0.15, -0.1) is 22.7 Å². The zero-order valence-electron chi connectivity index (χ0n) is 15.9. The summed E-state index contributed by atoms with van der Waals surface area (Å²) < 4.78 is 0. The van der Waals surface area contributed by atoms with Crippen LogP contribution in [-0.4, -0.2) is 37.9 Å². The van der Waals surface area contributed by atoms with Crippen LogP contribution in [-0.2, 0) is 6.54 Å². The number of hydrogen-bond acceptors (Lipinski definition) is 4. The van der Waals surface area contributed by atoms with Crippen molar-refractivity contribution in [1.82, 2.24) is 0 Å². The van der Waals surface area contributed by atoms with Crippen LogP contribution >= 0.6 is 22.7 Å². The predicted molar refractivity (Wildman–Crippen MR) is 121 cm³/mol. The lowest BCUT2D eigenvalue weighted by molar-refractivity contribution is 1.08. The molecule has 0 bridgehead atoms. The fraction of sp³-hybridized carbons (Fsp3) is 0.250. The second-order valence-corrected chi connectivity index (χ2v) is 7.87. The van der Waals surface area contributed by atoms with Crippen molar-refractivity contribution >= 4 is 57.9 Å². The molecule has 0 amide bonds. The van der Waals surface area contributed by atoms with Crippen LogP contribution in [0.4, 0.5) is 11.4 Å². The van der Waals surface area contributed by atoms with Crippen LogP contribution in [0, 0.1) is 12.3 Å². The van der Waals surface area contributed by atoms with Crippen molar-refractivity contribution in [3.8, 4) is 0 Å². The number of nitrogens with two attached hydrogens (primary N) is 4. The molecule has 0 aromatic carbocycles. The molecule has 9 N–H and O–H groups in total. The molecule has 0 radical (unpaired) electrons. The number of nitrogens with one attached hydrogen (secondary N) is 1. The zero-order chi connectivity index (χ0) is 20.8. The van der Waals surface area contributed by atoms with Crippen LogP contribution in [0.5, 0.6) is 0 Å². The molecule has 2 rings (SSSR count). The van der Waals surface area contributed by atoms with Gasteiger partial charge in [0.05, 0.1) is 17.9 Å². The molecule has 0 aliphatic rings. The Morgan fingerprint density at radius 3 is 2.43 bits per heavy atom. The largest absolute Gasteiger partial charge is 0.370 e. The Morgan fingerprint density at radius 2 is 1.82 bits per heavy atom. The number of nitrogens with zero attached hydrogens (tertiary/aromatic N) is 5. The first kappa shape index (κ1) is 21.2. The summed E-state index contributed by atoms with van der Waals surface area (Å²) in [6.07, 6.45) is 0. The molecular formula is C16H24N10S2. The van der Waals surface area contributed by atoms with Crippen molar-refractivity contribution in [2.75, 3.05) is 23.9 Å². The molecule has 2 heterocycles. The van der Waals surface area contributed by atoms with Crippen molar-refractivity contribution in [2.45, 2.75) is 13.5 Å². The van der Waals surface area contributed by atoms with Crippen molar-refractivity contribution in [2.24, 2.45) is 37.9 Å². The number of thiophene rings is 2. The maximum absolute atomic E-state index is 7.83. The molecule has 0 fully saturated rings. The first-order chi connectivity index (χ1) is 13.2. The van der Waals surface area contributed by atoms with Crippen LogP contribution in [0.25, 0.3) is 0 Å². The smallest absolute Gasteiger partial charge is 0.225 e. The van der Waals surface area contributed by atoms with E-state index in [1.54, 1.807) is 28.2 Å². The van der Waals surface area contributed by atoms with E-state index in [1.165, 1.54) is 11.3 Å². The van der Waals surface area contributed by atoms with E-state index in [-0.39, 0.29) is 23.8 Å². The average Bonchev–Trinajstić information content (AvgIpc) is 3.27. The summed E-state index contributed by atoms with van der Waals surface area (Å²) in [5.74, 6) is 0.132. The third-order valence-electron chi connectivity index (χ3n) is 3.74. The molecule has 2 aromatic rings.